The summed E-state index contributed by atoms with van der Waals surface area (Å²) in [4.78, 5) is 14.6. The lowest BCUT2D eigenvalue weighted by Gasteiger charge is -2.12. The van der Waals surface area contributed by atoms with Gasteiger partial charge in [-0.1, -0.05) is 43.2 Å². The van der Waals surface area contributed by atoms with Crippen LogP contribution in [0.1, 0.15) is 37.3 Å². The van der Waals surface area contributed by atoms with Crippen molar-refractivity contribution in [2.24, 2.45) is 0 Å². The topological polar surface area (TPSA) is 68.7 Å². The van der Waals surface area contributed by atoms with Crippen LogP contribution in [0, 0.1) is 5.41 Å². The van der Waals surface area contributed by atoms with Crippen LogP contribution in [0.2, 0.25) is 0 Å². The number of fused-ring (bicyclic) bond motifs is 1. The highest BCUT2D eigenvalue weighted by molar-refractivity contribution is 5.68. The van der Waals surface area contributed by atoms with Crippen LogP contribution < -0.4 is 10.3 Å². The zero-order chi connectivity index (χ0) is 15.6. The monoisotopic (exact) mass is 309 g/mol. The highest BCUT2D eigenvalue weighted by atomic mass is 16.7. The molecular weight excluding hydrogens is 290 g/mol. The average molecular weight is 309 g/mol. The Hall–Kier alpha value is -2.63. The lowest BCUT2D eigenvalue weighted by molar-refractivity contribution is 0.0850. The van der Waals surface area contributed by atoms with Crippen LogP contribution in [0.5, 0.6) is 0 Å². The molecule has 0 aliphatic heterocycles. The first-order valence-electron chi connectivity index (χ1n) is 7.99. The number of hydrogen-bond donors (Lipinski definition) is 1. The molecular formula is C17H19N5O. The molecule has 1 N–H and O–H groups in total. The van der Waals surface area contributed by atoms with E-state index in [9.17, 15) is 0 Å². The fourth-order valence-corrected chi connectivity index (χ4v) is 3.18. The molecule has 118 valence electrons. The van der Waals surface area contributed by atoms with Gasteiger partial charge in [0.2, 0.25) is 0 Å². The zero-order valence-electron chi connectivity index (χ0n) is 12.9. The summed E-state index contributed by atoms with van der Waals surface area (Å²) in [5.74, 6) is 0. The van der Waals surface area contributed by atoms with Gasteiger partial charge in [-0.25, -0.2) is 9.97 Å². The van der Waals surface area contributed by atoms with E-state index in [1.165, 1.54) is 30.4 Å². The van der Waals surface area contributed by atoms with Crippen molar-refractivity contribution in [1.29, 1.82) is 5.41 Å². The Balaban J connectivity index is 1.62. The van der Waals surface area contributed by atoms with Crippen molar-refractivity contribution in [1.82, 2.24) is 19.3 Å². The first-order valence-corrected chi connectivity index (χ1v) is 7.99. The molecule has 1 aliphatic carbocycles. The van der Waals surface area contributed by atoms with Crippen LogP contribution in [0.3, 0.4) is 0 Å². The molecule has 1 aromatic carbocycles. The van der Waals surface area contributed by atoms with Crippen molar-refractivity contribution in [3.63, 3.8) is 0 Å². The van der Waals surface area contributed by atoms with Crippen LogP contribution in [-0.4, -0.2) is 19.3 Å². The number of imidazole rings is 1. The van der Waals surface area contributed by atoms with E-state index in [0.717, 1.165) is 11.2 Å². The predicted octanol–water partition coefficient (Wildman–Crippen LogP) is 2.46. The maximum Gasteiger partial charge on any atom is 0.192 e. The first-order chi connectivity index (χ1) is 11.3. The number of aromatic nitrogens is 4. The van der Waals surface area contributed by atoms with E-state index in [2.05, 4.69) is 14.5 Å². The molecule has 0 unspecified atom stereocenters. The van der Waals surface area contributed by atoms with Gasteiger partial charge in [0.1, 0.15) is 12.9 Å². The SMILES string of the molecule is N=c1c2ncn(C3CCCC3)c2ncn1OCc1ccccc1. The van der Waals surface area contributed by atoms with Gasteiger partial charge in [0, 0.05) is 6.04 Å². The molecule has 2 heterocycles. The van der Waals surface area contributed by atoms with Gasteiger partial charge in [0.05, 0.1) is 6.33 Å². The van der Waals surface area contributed by atoms with E-state index >= 15 is 0 Å². The molecule has 23 heavy (non-hydrogen) atoms. The van der Waals surface area contributed by atoms with Crippen molar-refractivity contribution in [3.05, 3.63) is 54.0 Å². The second kappa shape index (κ2) is 5.87. The summed E-state index contributed by atoms with van der Waals surface area (Å²) in [7, 11) is 0. The number of nitrogens with one attached hydrogen (secondary N) is 1. The second-order valence-corrected chi connectivity index (χ2v) is 5.94. The van der Waals surface area contributed by atoms with E-state index in [-0.39, 0.29) is 5.49 Å². The summed E-state index contributed by atoms with van der Waals surface area (Å²) < 4.78 is 3.50. The lowest BCUT2D eigenvalue weighted by Crippen LogP contribution is -2.27. The standard InChI is InChI=1S/C17H19N5O/c18-16-15-17(21(11-19-15)14-8-4-5-9-14)20-12-22(16)23-10-13-6-2-1-3-7-13/h1-3,6-7,11-12,14,18H,4-5,8-10H2. The molecule has 1 fully saturated rings. The van der Waals surface area contributed by atoms with Crippen LogP contribution in [0.25, 0.3) is 11.2 Å². The van der Waals surface area contributed by atoms with Gasteiger partial charge in [-0.15, -0.1) is 0 Å². The second-order valence-electron chi connectivity index (χ2n) is 5.94. The third-order valence-corrected chi connectivity index (χ3v) is 4.43. The molecule has 0 bridgehead atoms. The fourth-order valence-electron chi connectivity index (χ4n) is 3.18. The molecule has 6 heteroatoms. The van der Waals surface area contributed by atoms with Crippen molar-refractivity contribution in [2.45, 2.75) is 38.3 Å². The van der Waals surface area contributed by atoms with Gasteiger partial charge in [0.25, 0.3) is 0 Å². The number of hydrogen-bond acceptors (Lipinski definition) is 4. The Kier molecular flexibility index (Phi) is 3.57. The molecule has 0 radical (unpaired) electrons. The van der Waals surface area contributed by atoms with Crippen molar-refractivity contribution in [3.8, 4) is 0 Å². The maximum atomic E-state index is 8.31. The fraction of sp³-hybridized carbons (Fsp3) is 0.353. The molecule has 2 aromatic heterocycles. The van der Waals surface area contributed by atoms with Gasteiger partial charge < -0.3 is 9.40 Å². The summed E-state index contributed by atoms with van der Waals surface area (Å²) in [6.07, 6.45) is 8.23. The Labute approximate surface area is 133 Å². The highest BCUT2D eigenvalue weighted by Gasteiger charge is 2.20. The normalized spacial score (nSPS) is 15.3. The van der Waals surface area contributed by atoms with E-state index < -0.39 is 0 Å². The first kappa shape index (κ1) is 14.0. The van der Waals surface area contributed by atoms with Crippen LogP contribution in [-0.2, 0) is 6.61 Å². The number of benzene rings is 1. The minimum atomic E-state index is 0.239. The van der Waals surface area contributed by atoms with Gasteiger partial charge in [-0.3, -0.25) is 5.41 Å². The Morgan fingerprint density at radius 1 is 1.09 bits per heavy atom. The molecule has 0 saturated heterocycles. The minimum Gasteiger partial charge on any atom is -0.406 e. The predicted molar refractivity (Wildman–Crippen MR) is 85.6 cm³/mol. The summed E-state index contributed by atoms with van der Waals surface area (Å²) in [5.41, 5.74) is 2.66. The molecule has 3 aromatic rings. The van der Waals surface area contributed by atoms with E-state index in [1.807, 2.05) is 36.7 Å². The summed E-state index contributed by atoms with van der Waals surface area (Å²) in [5, 5.41) is 8.31. The average Bonchev–Trinajstić information content (AvgIpc) is 3.24. The third-order valence-electron chi connectivity index (χ3n) is 4.43. The highest BCUT2D eigenvalue weighted by Crippen LogP contribution is 2.30. The third kappa shape index (κ3) is 2.60. The van der Waals surface area contributed by atoms with Crippen LogP contribution >= 0.6 is 0 Å². The molecule has 1 aliphatic rings. The zero-order valence-corrected chi connectivity index (χ0v) is 12.9. The van der Waals surface area contributed by atoms with Gasteiger partial charge in [-0.05, 0) is 18.4 Å². The smallest absolute Gasteiger partial charge is 0.192 e. The quantitative estimate of drug-likeness (QED) is 0.805. The van der Waals surface area contributed by atoms with Crippen molar-refractivity contribution >= 4 is 11.2 Å². The molecule has 1 saturated carbocycles. The van der Waals surface area contributed by atoms with E-state index in [0.29, 0.717) is 18.2 Å². The van der Waals surface area contributed by atoms with Crippen LogP contribution in [0.4, 0.5) is 0 Å². The lowest BCUT2D eigenvalue weighted by atomic mass is 10.2. The number of nitrogens with zero attached hydrogens (tertiary/aromatic N) is 4. The molecule has 4 rings (SSSR count). The molecule has 0 amide bonds. The maximum absolute atomic E-state index is 8.31. The Morgan fingerprint density at radius 3 is 2.65 bits per heavy atom. The van der Waals surface area contributed by atoms with E-state index in [1.54, 1.807) is 6.33 Å². The summed E-state index contributed by atoms with van der Waals surface area (Å²) >= 11 is 0. The van der Waals surface area contributed by atoms with Gasteiger partial charge in [0.15, 0.2) is 16.7 Å². The molecule has 0 atom stereocenters. The van der Waals surface area contributed by atoms with Crippen molar-refractivity contribution < 1.29 is 4.84 Å². The van der Waals surface area contributed by atoms with Gasteiger partial charge in [-0.2, -0.15) is 4.73 Å². The summed E-state index contributed by atoms with van der Waals surface area (Å²) in [6, 6.07) is 10.4. The Bertz CT molecular complexity index is 862. The number of rotatable bonds is 4. The minimum absolute atomic E-state index is 0.239. The van der Waals surface area contributed by atoms with E-state index in [4.69, 9.17) is 10.2 Å². The Morgan fingerprint density at radius 2 is 1.87 bits per heavy atom. The molecule has 6 nitrogen and oxygen atoms in total. The summed E-state index contributed by atoms with van der Waals surface area (Å²) in [6.45, 7) is 0.397. The van der Waals surface area contributed by atoms with Crippen LogP contribution in [0.15, 0.2) is 43.0 Å². The van der Waals surface area contributed by atoms with Gasteiger partial charge >= 0.3 is 0 Å². The van der Waals surface area contributed by atoms with Crippen molar-refractivity contribution in [2.75, 3.05) is 0 Å². The largest absolute Gasteiger partial charge is 0.406 e. The molecule has 0 spiro atoms.